The predicted octanol–water partition coefficient (Wildman–Crippen LogP) is 2.57. The summed E-state index contributed by atoms with van der Waals surface area (Å²) in [4.78, 5) is 11.4. The molecule has 0 aliphatic heterocycles. The van der Waals surface area contributed by atoms with Crippen molar-refractivity contribution < 1.29 is 32.5 Å². The van der Waals surface area contributed by atoms with Gasteiger partial charge in [-0.2, -0.15) is 13.2 Å². The molecule has 0 heterocycles. The average molecular weight is 304 g/mol. The molecule has 1 aromatic rings. The van der Waals surface area contributed by atoms with Crippen LogP contribution < -0.4 is 4.74 Å². The number of alkyl halides is 3. The van der Waals surface area contributed by atoms with Gasteiger partial charge in [-0.3, -0.25) is 0 Å². The van der Waals surface area contributed by atoms with Crippen molar-refractivity contribution in [2.45, 2.75) is 13.1 Å². The molecule has 1 aromatic carbocycles. The zero-order valence-corrected chi connectivity index (χ0v) is 11.3. The topological polar surface area (TPSA) is 55.8 Å². The van der Waals surface area contributed by atoms with E-state index in [1.54, 1.807) is 6.07 Å². The first kappa shape index (κ1) is 17.0. The van der Waals surface area contributed by atoms with Crippen LogP contribution in [0.1, 0.15) is 12.5 Å². The van der Waals surface area contributed by atoms with Crippen molar-refractivity contribution >= 4 is 12.0 Å². The third kappa shape index (κ3) is 5.11. The van der Waals surface area contributed by atoms with Crippen LogP contribution in [0.3, 0.4) is 0 Å². The van der Waals surface area contributed by atoms with Crippen molar-refractivity contribution in [2.75, 3.05) is 19.8 Å². The van der Waals surface area contributed by atoms with Gasteiger partial charge < -0.3 is 14.6 Å². The third-order valence-electron chi connectivity index (χ3n) is 2.37. The molecule has 0 atom stereocenters. The Hall–Kier alpha value is -2.02. The fourth-order valence-electron chi connectivity index (χ4n) is 1.51. The number of benzene rings is 1. The minimum Gasteiger partial charge on any atom is -0.491 e. The molecule has 0 aliphatic rings. The molecular weight excluding hydrogens is 289 g/mol. The lowest BCUT2D eigenvalue weighted by molar-refractivity contribution is -0.149. The SMILES string of the molecule is CCOC(=O)/C(=C/c1ccccc1OCCO)C(F)(F)F. The maximum atomic E-state index is 12.9. The number of esters is 1. The largest absolute Gasteiger partial charge is 0.491 e. The van der Waals surface area contributed by atoms with Crippen LogP contribution in [0.4, 0.5) is 13.2 Å². The molecule has 21 heavy (non-hydrogen) atoms. The van der Waals surface area contributed by atoms with E-state index in [1.165, 1.54) is 25.1 Å². The fourth-order valence-corrected chi connectivity index (χ4v) is 1.51. The summed E-state index contributed by atoms with van der Waals surface area (Å²) in [5.74, 6) is -1.31. The Bertz CT molecular complexity index is 509. The van der Waals surface area contributed by atoms with Gasteiger partial charge in [0, 0.05) is 5.56 Å². The lowest BCUT2D eigenvalue weighted by Gasteiger charge is -2.12. The second-order valence-corrected chi connectivity index (χ2v) is 3.89. The molecule has 0 fully saturated rings. The molecule has 0 saturated carbocycles. The summed E-state index contributed by atoms with van der Waals surface area (Å²) in [6.45, 7) is 0.923. The Morgan fingerprint density at radius 1 is 1.33 bits per heavy atom. The zero-order valence-electron chi connectivity index (χ0n) is 11.3. The highest BCUT2D eigenvalue weighted by Crippen LogP contribution is 2.31. The number of carbonyl (C=O) groups is 1. The molecule has 7 heteroatoms. The van der Waals surface area contributed by atoms with Gasteiger partial charge in [0.1, 0.15) is 17.9 Å². The second-order valence-electron chi connectivity index (χ2n) is 3.89. The van der Waals surface area contributed by atoms with Gasteiger partial charge in [0.15, 0.2) is 0 Å². The number of aliphatic hydroxyl groups excluding tert-OH is 1. The number of aliphatic hydroxyl groups is 1. The van der Waals surface area contributed by atoms with Crippen molar-refractivity contribution in [3.8, 4) is 5.75 Å². The minimum absolute atomic E-state index is 0.0639. The number of carbonyl (C=O) groups excluding carboxylic acids is 1. The first-order valence-electron chi connectivity index (χ1n) is 6.18. The highest BCUT2D eigenvalue weighted by atomic mass is 19.4. The van der Waals surface area contributed by atoms with Gasteiger partial charge in [-0.25, -0.2) is 4.79 Å². The standard InChI is InChI=1S/C14H15F3O4/c1-2-20-13(19)11(14(15,16)17)9-10-5-3-4-6-12(10)21-8-7-18/h3-6,9,18H,2,7-8H2,1H3/b11-9-. The molecule has 0 aliphatic carbocycles. The van der Waals surface area contributed by atoms with Crippen molar-refractivity contribution in [1.82, 2.24) is 0 Å². The first-order valence-corrected chi connectivity index (χ1v) is 6.18. The molecule has 0 radical (unpaired) electrons. The van der Waals surface area contributed by atoms with Crippen LogP contribution >= 0.6 is 0 Å². The number of hydrogen-bond acceptors (Lipinski definition) is 4. The number of hydrogen-bond donors (Lipinski definition) is 1. The van der Waals surface area contributed by atoms with E-state index in [0.717, 1.165) is 0 Å². The number of ether oxygens (including phenoxy) is 2. The normalized spacial score (nSPS) is 12.1. The maximum Gasteiger partial charge on any atom is 0.423 e. The molecule has 0 spiro atoms. The molecule has 0 aromatic heterocycles. The molecule has 0 saturated heterocycles. The van der Waals surface area contributed by atoms with E-state index in [0.29, 0.717) is 6.08 Å². The van der Waals surface area contributed by atoms with Crippen LogP contribution in [-0.2, 0) is 9.53 Å². The smallest absolute Gasteiger partial charge is 0.423 e. The summed E-state index contributed by atoms with van der Waals surface area (Å²) in [5.41, 5.74) is -1.34. The highest BCUT2D eigenvalue weighted by Gasteiger charge is 2.39. The van der Waals surface area contributed by atoms with Gasteiger partial charge in [0.05, 0.1) is 13.2 Å². The molecule has 4 nitrogen and oxygen atoms in total. The van der Waals surface area contributed by atoms with Crippen molar-refractivity contribution in [3.63, 3.8) is 0 Å². The molecule has 1 rings (SSSR count). The van der Waals surface area contributed by atoms with Gasteiger partial charge in [-0.15, -0.1) is 0 Å². The van der Waals surface area contributed by atoms with E-state index < -0.39 is 17.7 Å². The molecule has 0 amide bonds. The Balaban J connectivity index is 3.19. The van der Waals surface area contributed by atoms with Gasteiger partial charge >= 0.3 is 12.1 Å². The lowest BCUT2D eigenvalue weighted by Crippen LogP contribution is -2.22. The molecule has 0 unspecified atom stereocenters. The second kappa shape index (κ2) is 7.68. The molecule has 1 N–H and O–H groups in total. The maximum absolute atomic E-state index is 12.9. The van der Waals surface area contributed by atoms with Crippen LogP contribution in [0.15, 0.2) is 29.8 Å². The van der Waals surface area contributed by atoms with Crippen molar-refractivity contribution in [2.24, 2.45) is 0 Å². The molecule has 0 bridgehead atoms. The van der Waals surface area contributed by atoms with E-state index in [4.69, 9.17) is 9.84 Å². The quantitative estimate of drug-likeness (QED) is 0.648. The number of rotatable bonds is 6. The average Bonchev–Trinajstić information content (AvgIpc) is 2.42. The van der Waals surface area contributed by atoms with E-state index in [2.05, 4.69) is 4.74 Å². The van der Waals surface area contributed by atoms with Crippen LogP contribution in [-0.4, -0.2) is 37.1 Å². The van der Waals surface area contributed by atoms with E-state index in [-0.39, 0.29) is 31.1 Å². The lowest BCUT2D eigenvalue weighted by atomic mass is 10.1. The predicted molar refractivity (Wildman–Crippen MR) is 69.7 cm³/mol. The van der Waals surface area contributed by atoms with E-state index in [1.807, 2.05) is 0 Å². The summed E-state index contributed by atoms with van der Waals surface area (Å²) in [6.07, 6.45) is -4.17. The Morgan fingerprint density at radius 3 is 2.57 bits per heavy atom. The highest BCUT2D eigenvalue weighted by molar-refractivity contribution is 5.95. The summed E-state index contributed by atoms with van der Waals surface area (Å²) >= 11 is 0. The van der Waals surface area contributed by atoms with Crippen LogP contribution in [0, 0.1) is 0 Å². The first-order chi connectivity index (χ1) is 9.90. The monoisotopic (exact) mass is 304 g/mol. The Labute approximate surface area is 119 Å². The number of halogens is 3. The number of para-hydroxylation sites is 1. The zero-order chi connectivity index (χ0) is 15.9. The summed E-state index contributed by atoms with van der Waals surface area (Å²) in [5, 5.41) is 8.69. The molecule has 116 valence electrons. The van der Waals surface area contributed by atoms with Gasteiger partial charge in [0.2, 0.25) is 0 Å². The van der Waals surface area contributed by atoms with Gasteiger partial charge in [-0.1, -0.05) is 18.2 Å². The van der Waals surface area contributed by atoms with Crippen LogP contribution in [0.2, 0.25) is 0 Å². The molecular formula is C14H15F3O4. The van der Waals surface area contributed by atoms with Crippen LogP contribution in [0.5, 0.6) is 5.75 Å². The van der Waals surface area contributed by atoms with Gasteiger partial charge in [-0.05, 0) is 19.1 Å². The van der Waals surface area contributed by atoms with E-state index >= 15 is 0 Å². The van der Waals surface area contributed by atoms with E-state index in [9.17, 15) is 18.0 Å². The summed E-state index contributed by atoms with van der Waals surface area (Å²) < 4.78 is 48.3. The Kier molecular flexibility index (Phi) is 6.23. The summed E-state index contributed by atoms with van der Waals surface area (Å²) in [6, 6.07) is 5.90. The van der Waals surface area contributed by atoms with Crippen molar-refractivity contribution in [3.05, 3.63) is 35.4 Å². The van der Waals surface area contributed by atoms with Crippen molar-refractivity contribution in [1.29, 1.82) is 0 Å². The third-order valence-corrected chi connectivity index (χ3v) is 2.37. The minimum atomic E-state index is -4.84. The summed E-state index contributed by atoms with van der Waals surface area (Å²) in [7, 11) is 0. The fraction of sp³-hybridized carbons (Fsp3) is 0.357. The van der Waals surface area contributed by atoms with Gasteiger partial charge in [0.25, 0.3) is 0 Å². The Morgan fingerprint density at radius 2 is 2.00 bits per heavy atom. The van der Waals surface area contributed by atoms with Crippen LogP contribution in [0.25, 0.3) is 6.08 Å².